The van der Waals surface area contributed by atoms with E-state index in [9.17, 15) is 14.9 Å². The number of halogens is 1. The molecule has 0 aliphatic heterocycles. The second-order valence-electron chi connectivity index (χ2n) is 7.09. The van der Waals surface area contributed by atoms with Gasteiger partial charge in [0.1, 0.15) is 17.9 Å². The maximum absolute atomic E-state index is 12.5. The Bertz CT molecular complexity index is 1350. The van der Waals surface area contributed by atoms with E-state index in [0.717, 1.165) is 16.3 Å². The van der Waals surface area contributed by atoms with Crippen LogP contribution in [-0.2, 0) is 6.61 Å². The summed E-state index contributed by atoms with van der Waals surface area (Å²) < 4.78 is 6.03. The topological polar surface area (TPSA) is 93.8 Å². The summed E-state index contributed by atoms with van der Waals surface area (Å²) in [5, 5.41) is 17.7. The van der Waals surface area contributed by atoms with Gasteiger partial charge >= 0.3 is 0 Å². The Balaban J connectivity index is 1.59. The van der Waals surface area contributed by atoms with Gasteiger partial charge in [-0.1, -0.05) is 66.2 Å². The number of nitrogens with one attached hydrogen (secondary N) is 1. The van der Waals surface area contributed by atoms with Gasteiger partial charge in [0.15, 0.2) is 0 Å². The van der Waals surface area contributed by atoms with Crippen LogP contribution in [-0.4, -0.2) is 17.0 Å². The summed E-state index contributed by atoms with van der Waals surface area (Å²) in [5.74, 6) is -0.102. The SMILES string of the molecule is O=C(N/N=C\c1c(OCc2ccc(Cl)cc2)ccc2ccccc12)c1ccccc1[N+](=O)[O-]. The first-order valence-electron chi connectivity index (χ1n) is 9.99. The third kappa shape index (κ3) is 5.16. The number of carbonyl (C=O) groups excluding carboxylic acids is 1. The number of hydrogen-bond acceptors (Lipinski definition) is 5. The first-order chi connectivity index (χ1) is 16.0. The van der Waals surface area contributed by atoms with Gasteiger partial charge in [0.2, 0.25) is 0 Å². The van der Waals surface area contributed by atoms with Crippen LogP contribution in [0.5, 0.6) is 5.75 Å². The molecular formula is C25H18ClN3O4. The molecule has 0 aromatic heterocycles. The molecule has 0 aliphatic carbocycles. The van der Waals surface area contributed by atoms with Crippen LogP contribution in [0.2, 0.25) is 5.02 Å². The number of hydrogen-bond donors (Lipinski definition) is 1. The van der Waals surface area contributed by atoms with Crippen molar-refractivity contribution in [2.24, 2.45) is 5.10 Å². The van der Waals surface area contributed by atoms with Crippen LogP contribution in [0.15, 0.2) is 90.0 Å². The number of para-hydroxylation sites is 1. The van der Waals surface area contributed by atoms with E-state index in [1.54, 1.807) is 18.2 Å². The van der Waals surface area contributed by atoms with Crippen LogP contribution in [0.1, 0.15) is 21.5 Å². The molecule has 0 spiro atoms. The Morgan fingerprint density at radius 1 is 1.00 bits per heavy atom. The summed E-state index contributed by atoms with van der Waals surface area (Å²) in [7, 11) is 0. The second kappa shape index (κ2) is 9.93. The van der Waals surface area contributed by atoms with Crippen molar-refractivity contribution in [3.05, 3.63) is 117 Å². The van der Waals surface area contributed by atoms with Gasteiger partial charge < -0.3 is 4.74 Å². The fourth-order valence-corrected chi connectivity index (χ4v) is 3.44. The van der Waals surface area contributed by atoms with Crippen molar-refractivity contribution >= 4 is 40.2 Å². The average Bonchev–Trinajstić information content (AvgIpc) is 2.84. The third-order valence-corrected chi connectivity index (χ3v) is 5.20. The summed E-state index contributed by atoms with van der Waals surface area (Å²) in [5.41, 5.74) is 3.62. The molecule has 0 saturated heterocycles. The zero-order valence-electron chi connectivity index (χ0n) is 17.3. The molecular weight excluding hydrogens is 442 g/mol. The van der Waals surface area contributed by atoms with E-state index in [2.05, 4.69) is 10.5 Å². The molecule has 0 saturated carbocycles. The molecule has 0 fully saturated rings. The fraction of sp³-hybridized carbons (Fsp3) is 0.0400. The number of ether oxygens (including phenoxy) is 1. The van der Waals surface area contributed by atoms with Gasteiger partial charge in [-0.25, -0.2) is 5.43 Å². The predicted molar refractivity (Wildman–Crippen MR) is 128 cm³/mol. The van der Waals surface area contributed by atoms with Crippen LogP contribution < -0.4 is 10.2 Å². The Labute approximate surface area is 194 Å². The van der Waals surface area contributed by atoms with Gasteiger partial charge in [-0.2, -0.15) is 5.10 Å². The highest BCUT2D eigenvalue weighted by atomic mass is 35.5. The molecule has 0 radical (unpaired) electrons. The lowest BCUT2D eigenvalue weighted by Gasteiger charge is -2.12. The minimum absolute atomic E-state index is 0.0724. The number of nitrogens with zero attached hydrogens (tertiary/aromatic N) is 2. The molecule has 7 nitrogen and oxygen atoms in total. The smallest absolute Gasteiger partial charge is 0.282 e. The molecule has 0 heterocycles. The summed E-state index contributed by atoms with van der Waals surface area (Å²) in [6.07, 6.45) is 1.48. The molecule has 33 heavy (non-hydrogen) atoms. The van der Waals surface area contributed by atoms with Crippen LogP contribution in [0.25, 0.3) is 10.8 Å². The lowest BCUT2D eigenvalue weighted by Crippen LogP contribution is -2.19. The monoisotopic (exact) mass is 459 g/mol. The third-order valence-electron chi connectivity index (χ3n) is 4.94. The highest BCUT2D eigenvalue weighted by Crippen LogP contribution is 2.27. The van der Waals surface area contributed by atoms with Gasteiger partial charge in [0.05, 0.1) is 11.1 Å². The molecule has 1 N–H and O–H groups in total. The fourth-order valence-electron chi connectivity index (χ4n) is 3.32. The zero-order valence-corrected chi connectivity index (χ0v) is 18.0. The summed E-state index contributed by atoms with van der Waals surface area (Å²) >= 11 is 5.94. The first kappa shape index (κ1) is 22.0. The molecule has 0 aliphatic rings. The quantitative estimate of drug-likeness (QED) is 0.216. The minimum Gasteiger partial charge on any atom is -0.488 e. The number of carbonyl (C=O) groups is 1. The first-order valence-corrected chi connectivity index (χ1v) is 10.4. The maximum atomic E-state index is 12.5. The van der Waals surface area contributed by atoms with E-state index in [1.807, 2.05) is 48.5 Å². The molecule has 4 aromatic rings. The number of amides is 1. The molecule has 4 rings (SSSR count). The second-order valence-corrected chi connectivity index (χ2v) is 7.52. The highest BCUT2D eigenvalue weighted by Gasteiger charge is 2.18. The van der Waals surface area contributed by atoms with Crippen molar-refractivity contribution in [2.75, 3.05) is 0 Å². The van der Waals surface area contributed by atoms with E-state index in [4.69, 9.17) is 16.3 Å². The van der Waals surface area contributed by atoms with E-state index < -0.39 is 10.8 Å². The molecule has 0 unspecified atom stereocenters. The molecule has 4 aromatic carbocycles. The average molecular weight is 460 g/mol. The van der Waals surface area contributed by atoms with E-state index in [1.165, 1.54) is 24.4 Å². The zero-order chi connectivity index (χ0) is 23.2. The predicted octanol–water partition coefficient (Wildman–Crippen LogP) is 5.74. The molecule has 164 valence electrons. The normalized spacial score (nSPS) is 10.9. The standard InChI is InChI=1S/C25H18ClN3O4/c26-19-12-9-17(10-13-19)16-33-24-14-11-18-5-1-2-6-20(18)22(24)15-27-28-25(30)21-7-3-4-8-23(21)29(31)32/h1-15H,16H2,(H,28,30)/b27-15-. The van der Waals surface area contributed by atoms with Crippen molar-refractivity contribution in [3.8, 4) is 5.75 Å². The molecule has 0 bridgehead atoms. The Kier molecular flexibility index (Phi) is 6.61. The van der Waals surface area contributed by atoms with Crippen LogP contribution in [0, 0.1) is 10.1 Å². The number of benzene rings is 4. The largest absolute Gasteiger partial charge is 0.488 e. The van der Waals surface area contributed by atoms with Gasteiger partial charge in [-0.05, 0) is 40.6 Å². The van der Waals surface area contributed by atoms with Gasteiger partial charge in [0, 0.05) is 16.7 Å². The van der Waals surface area contributed by atoms with Gasteiger partial charge in [-0.15, -0.1) is 0 Å². The van der Waals surface area contributed by atoms with E-state index in [0.29, 0.717) is 22.9 Å². The number of nitro groups is 1. The van der Waals surface area contributed by atoms with Crippen LogP contribution in [0.4, 0.5) is 5.69 Å². The summed E-state index contributed by atoms with van der Waals surface area (Å²) in [6.45, 7) is 0.318. The molecule has 1 amide bonds. The summed E-state index contributed by atoms with van der Waals surface area (Å²) in [4.78, 5) is 23.1. The number of rotatable bonds is 7. The number of hydrazone groups is 1. The van der Waals surface area contributed by atoms with E-state index in [-0.39, 0.29) is 11.3 Å². The van der Waals surface area contributed by atoms with Crippen LogP contribution >= 0.6 is 11.6 Å². The van der Waals surface area contributed by atoms with Crippen molar-refractivity contribution in [1.82, 2.24) is 5.43 Å². The van der Waals surface area contributed by atoms with Crippen molar-refractivity contribution < 1.29 is 14.5 Å². The van der Waals surface area contributed by atoms with Gasteiger partial charge in [-0.3, -0.25) is 14.9 Å². The lowest BCUT2D eigenvalue weighted by atomic mass is 10.0. The molecule has 8 heteroatoms. The Morgan fingerprint density at radius 3 is 2.52 bits per heavy atom. The molecule has 0 atom stereocenters. The van der Waals surface area contributed by atoms with Crippen molar-refractivity contribution in [3.63, 3.8) is 0 Å². The van der Waals surface area contributed by atoms with E-state index >= 15 is 0 Å². The lowest BCUT2D eigenvalue weighted by molar-refractivity contribution is -0.385. The minimum atomic E-state index is -0.678. The van der Waals surface area contributed by atoms with Crippen LogP contribution in [0.3, 0.4) is 0 Å². The number of nitro benzene ring substituents is 1. The summed E-state index contributed by atoms with van der Waals surface area (Å²) in [6, 6.07) is 24.5. The van der Waals surface area contributed by atoms with Gasteiger partial charge in [0.25, 0.3) is 11.6 Å². The van der Waals surface area contributed by atoms with Crippen molar-refractivity contribution in [2.45, 2.75) is 6.61 Å². The maximum Gasteiger partial charge on any atom is 0.282 e. The highest BCUT2D eigenvalue weighted by molar-refractivity contribution is 6.30. The van der Waals surface area contributed by atoms with Crippen molar-refractivity contribution in [1.29, 1.82) is 0 Å². The Morgan fingerprint density at radius 2 is 1.73 bits per heavy atom. The number of fused-ring (bicyclic) bond motifs is 1. The Hall–Kier alpha value is -4.23.